The van der Waals surface area contributed by atoms with Crippen molar-refractivity contribution in [1.82, 2.24) is 0 Å². The molecule has 0 radical (unpaired) electrons. The SMILES string of the molecule is Cc1cc(C)cc(NC(=O)C(C#N)=Cc2ccc(N3CCCC3)c(C)c2)c1. The van der Waals surface area contributed by atoms with Gasteiger partial charge >= 0.3 is 0 Å². The van der Waals surface area contributed by atoms with Crippen LogP contribution in [0.15, 0.2) is 42.0 Å². The fourth-order valence-electron chi connectivity index (χ4n) is 3.64. The molecule has 0 aliphatic carbocycles. The third-order valence-corrected chi connectivity index (χ3v) is 4.82. The number of nitriles is 1. The van der Waals surface area contributed by atoms with Gasteiger partial charge in [0, 0.05) is 24.5 Å². The first-order valence-electron chi connectivity index (χ1n) is 9.33. The van der Waals surface area contributed by atoms with Crippen LogP contribution in [0.4, 0.5) is 11.4 Å². The average molecular weight is 359 g/mol. The van der Waals surface area contributed by atoms with Gasteiger partial charge in [0.05, 0.1) is 0 Å². The molecule has 4 nitrogen and oxygen atoms in total. The normalized spacial score (nSPS) is 14.1. The van der Waals surface area contributed by atoms with Crippen LogP contribution in [0.25, 0.3) is 6.08 Å². The average Bonchev–Trinajstić information content (AvgIpc) is 3.13. The minimum absolute atomic E-state index is 0.0995. The molecule has 3 rings (SSSR count). The van der Waals surface area contributed by atoms with E-state index in [1.54, 1.807) is 6.08 Å². The van der Waals surface area contributed by atoms with E-state index in [9.17, 15) is 10.1 Å². The van der Waals surface area contributed by atoms with Gasteiger partial charge in [-0.25, -0.2) is 0 Å². The summed E-state index contributed by atoms with van der Waals surface area (Å²) in [4.78, 5) is 14.9. The monoisotopic (exact) mass is 359 g/mol. The third kappa shape index (κ3) is 4.57. The Kier molecular flexibility index (Phi) is 5.61. The van der Waals surface area contributed by atoms with Crippen molar-refractivity contribution in [2.24, 2.45) is 0 Å². The lowest BCUT2D eigenvalue weighted by Gasteiger charge is -2.20. The lowest BCUT2D eigenvalue weighted by atomic mass is 10.1. The molecule has 4 heteroatoms. The van der Waals surface area contributed by atoms with Crippen molar-refractivity contribution < 1.29 is 4.79 Å². The number of benzene rings is 2. The second-order valence-corrected chi connectivity index (χ2v) is 7.24. The van der Waals surface area contributed by atoms with E-state index < -0.39 is 0 Å². The topological polar surface area (TPSA) is 56.1 Å². The number of carbonyl (C=O) groups excluding carboxylic acids is 1. The van der Waals surface area contributed by atoms with E-state index in [2.05, 4.69) is 23.2 Å². The van der Waals surface area contributed by atoms with Crippen LogP contribution >= 0.6 is 0 Å². The number of anilines is 2. The van der Waals surface area contributed by atoms with Gasteiger partial charge in [0.25, 0.3) is 5.91 Å². The Morgan fingerprint density at radius 2 is 1.74 bits per heavy atom. The molecule has 27 heavy (non-hydrogen) atoms. The maximum absolute atomic E-state index is 12.5. The van der Waals surface area contributed by atoms with Gasteiger partial charge in [-0.2, -0.15) is 5.26 Å². The highest BCUT2D eigenvalue weighted by Crippen LogP contribution is 2.26. The molecule has 1 fully saturated rings. The van der Waals surface area contributed by atoms with Gasteiger partial charge in [0.15, 0.2) is 0 Å². The summed E-state index contributed by atoms with van der Waals surface area (Å²) >= 11 is 0. The summed E-state index contributed by atoms with van der Waals surface area (Å²) in [6, 6.07) is 14.0. The van der Waals surface area contributed by atoms with E-state index in [4.69, 9.17) is 0 Å². The van der Waals surface area contributed by atoms with Crippen LogP contribution in [0.1, 0.15) is 35.1 Å². The summed E-state index contributed by atoms with van der Waals surface area (Å²) in [7, 11) is 0. The summed E-state index contributed by atoms with van der Waals surface area (Å²) in [5.74, 6) is -0.385. The standard InChI is InChI=1S/C23H25N3O/c1-16-10-17(2)12-21(11-16)25-23(27)20(15-24)14-19-6-7-22(18(3)13-19)26-8-4-5-9-26/h6-7,10-14H,4-5,8-9H2,1-3H3,(H,25,27). The van der Waals surface area contributed by atoms with E-state index in [-0.39, 0.29) is 11.5 Å². The fraction of sp³-hybridized carbons (Fsp3) is 0.304. The first kappa shape index (κ1) is 18.7. The first-order valence-corrected chi connectivity index (χ1v) is 9.33. The molecule has 1 aliphatic heterocycles. The van der Waals surface area contributed by atoms with E-state index in [0.717, 1.165) is 35.3 Å². The predicted octanol–water partition coefficient (Wildman–Crippen LogP) is 4.76. The van der Waals surface area contributed by atoms with Gasteiger partial charge < -0.3 is 10.2 Å². The largest absolute Gasteiger partial charge is 0.371 e. The number of rotatable bonds is 4. The van der Waals surface area contributed by atoms with Crippen molar-refractivity contribution in [2.75, 3.05) is 23.3 Å². The first-order chi connectivity index (χ1) is 13.0. The number of carbonyl (C=O) groups is 1. The van der Waals surface area contributed by atoms with Gasteiger partial charge in [-0.3, -0.25) is 4.79 Å². The molecular weight excluding hydrogens is 334 g/mol. The quantitative estimate of drug-likeness (QED) is 0.633. The van der Waals surface area contributed by atoms with Crippen LogP contribution in [0.5, 0.6) is 0 Å². The van der Waals surface area contributed by atoms with Gasteiger partial charge in [-0.15, -0.1) is 0 Å². The molecule has 2 aromatic rings. The molecule has 0 atom stereocenters. The van der Waals surface area contributed by atoms with Crippen LogP contribution in [0, 0.1) is 32.1 Å². The van der Waals surface area contributed by atoms with E-state index in [0.29, 0.717) is 5.69 Å². The maximum Gasteiger partial charge on any atom is 0.266 e. The van der Waals surface area contributed by atoms with E-state index >= 15 is 0 Å². The molecule has 138 valence electrons. The molecule has 1 N–H and O–H groups in total. The number of hydrogen-bond donors (Lipinski definition) is 1. The summed E-state index contributed by atoms with van der Waals surface area (Å²) in [5.41, 5.74) is 6.21. The van der Waals surface area contributed by atoms with Crippen LogP contribution < -0.4 is 10.2 Å². The highest BCUT2D eigenvalue weighted by Gasteiger charge is 2.15. The van der Waals surface area contributed by atoms with E-state index in [1.807, 2.05) is 50.2 Å². The van der Waals surface area contributed by atoms with Gasteiger partial charge in [-0.1, -0.05) is 12.1 Å². The Labute approximate surface area is 161 Å². The molecule has 0 unspecified atom stereocenters. The van der Waals surface area contributed by atoms with Gasteiger partial charge in [0.1, 0.15) is 11.6 Å². The molecule has 0 spiro atoms. The number of nitrogens with zero attached hydrogens (tertiary/aromatic N) is 2. The molecule has 1 amide bonds. The predicted molar refractivity (Wildman–Crippen MR) is 111 cm³/mol. The minimum atomic E-state index is -0.385. The van der Waals surface area contributed by atoms with Crippen molar-refractivity contribution in [1.29, 1.82) is 5.26 Å². The highest BCUT2D eigenvalue weighted by molar-refractivity contribution is 6.09. The fourth-order valence-corrected chi connectivity index (χ4v) is 3.64. The Balaban J connectivity index is 1.80. The van der Waals surface area contributed by atoms with Gasteiger partial charge in [-0.05, 0) is 86.2 Å². The lowest BCUT2D eigenvalue weighted by molar-refractivity contribution is -0.112. The molecule has 0 bridgehead atoms. The molecular formula is C23H25N3O. The smallest absolute Gasteiger partial charge is 0.266 e. The number of nitrogens with one attached hydrogen (secondary N) is 1. The number of hydrogen-bond acceptors (Lipinski definition) is 3. The van der Waals surface area contributed by atoms with Crippen molar-refractivity contribution >= 4 is 23.4 Å². The second-order valence-electron chi connectivity index (χ2n) is 7.24. The zero-order chi connectivity index (χ0) is 19.4. The zero-order valence-electron chi connectivity index (χ0n) is 16.2. The van der Waals surface area contributed by atoms with Crippen molar-refractivity contribution in [3.05, 3.63) is 64.2 Å². The van der Waals surface area contributed by atoms with Gasteiger partial charge in [0.2, 0.25) is 0 Å². The number of aryl methyl sites for hydroxylation is 3. The van der Waals surface area contributed by atoms with Crippen LogP contribution in [0.2, 0.25) is 0 Å². The molecule has 2 aromatic carbocycles. The summed E-state index contributed by atoms with van der Waals surface area (Å²) in [5, 5.41) is 12.3. The maximum atomic E-state index is 12.5. The van der Waals surface area contributed by atoms with Crippen LogP contribution in [-0.2, 0) is 4.79 Å². The Morgan fingerprint density at radius 3 is 2.33 bits per heavy atom. The Hall–Kier alpha value is -3.06. The van der Waals surface area contributed by atoms with E-state index in [1.165, 1.54) is 18.5 Å². The van der Waals surface area contributed by atoms with Crippen LogP contribution in [-0.4, -0.2) is 19.0 Å². The Bertz CT molecular complexity index is 911. The molecule has 0 saturated carbocycles. The summed E-state index contributed by atoms with van der Waals surface area (Å²) in [6.45, 7) is 8.23. The van der Waals surface area contributed by atoms with Crippen LogP contribution in [0.3, 0.4) is 0 Å². The molecule has 1 saturated heterocycles. The zero-order valence-corrected chi connectivity index (χ0v) is 16.2. The Morgan fingerprint density at radius 1 is 1.07 bits per heavy atom. The minimum Gasteiger partial charge on any atom is -0.371 e. The van der Waals surface area contributed by atoms with Crippen molar-refractivity contribution in [3.8, 4) is 6.07 Å². The summed E-state index contributed by atoms with van der Waals surface area (Å²) in [6.07, 6.45) is 4.12. The molecule has 1 heterocycles. The summed E-state index contributed by atoms with van der Waals surface area (Å²) < 4.78 is 0. The number of amides is 1. The lowest BCUT2D eigenvalue weighted by Crippen LogP contribution is -2.18. The van der Waals surface area contributed by atoms with Crippen molar-refractivity contribution in [2.45, 2.75) is 33.6 Å². The van der Waals surface area contributed by atoms with Crippen molar-refractivity contribution in [3.63, 3.8) is 0 Å². The third-order valence-electron chi connectivity index (χ3n) is 4.82. The molecule has 1 aliphatic rings. The highest BCUT2D eigenvalue weighted by atomic mass is 16.1. The second kappa shape index (κ2) is 8.09. The molecule has 0 aromatic heterocycles.